The van der Waals surface area contributed by atoms with E-state index in [4.69, 9.17) is 16.3 Å². The Hall–Kier alpha value is -3.03. The predicted molar refractivity (Wildman–Crippen MR) is 141 cm³/mol. The number of sulfonamides is 1. The minimum absolute atomic E-state index is 0.0721. The summed E-state index contributed by atoms with van der Waals surface area (Å²) in [6.07, 6.45) is 1.64. The molecule has 3 aromatic rings. The molecule has 1 N–H and O–H groups in total. The number of carbonyl (C=O) groups excluding carboxylic acids is 1. The Bertz CT molecular complexity index is 1230. The number of hydrogen-bond donors (Lipinski definition) is 1. The van der Waals surface area contributed by atoms with Gasteiger partial charge in [0.05, 0.1) is 16.7 Å². The SMILES string of the molecule is Cc1ccccc1N(CC(=O)NCCCc1ccc(OC(C)C)cc1)S(=O)(=O)c1ccc(Cl)cc1. The molecule has 35 heavy (non-hydrogen) atoms. The summed E-state index contributed by atoms with van der Waals surface area (Å²) in [5.74, 6) is 0.460. The van der Waals surface area contributed by atoms with Crippen molar-refractivity contribution in [3.63, 3.8) is 0 Å². The lowest BCUT2D eigenvalue weighted by atomic mass is 10.1. The fourth-order valence-corrected chi connectivity index (χ4v) is 5.20. The van der Waals surface area contributed by atoms with Crippen molar-refractivity contribution in [1.29, 1.82) is 0 Å². The Morgan fingerprint density at radius 2 is 1.66 bits per heavy atom. The van der Waals surface area contributed by atoms with Crippen molar-refractivity contribution < 1.29 is 17.9 Å². The number of ether oxygens (including phenoxy) is 1. The van der Waals surface area contributed by atoms with Gasteiger partial charge in [0.15, 0.2) is 0 Å². The van der Waals surface area contributed by atoms with Crippen molar-refractivity contribution in [2.24, 2.45) is 0 Å². The third kappa shape index (κ3) is 7.47. The molecule has 186 valence electrons. The van der Waals surface area contributed by atoms with Crippen molar-refractivity contribution >= 4 is 33.2 Å². The zero-order valence-corrected chi connectivity index (χ0v) is 21.8. The molecule has 0 atom stereocenters. The predicted octanol–water partition coefficient (Wildman–Crippen LogP) is 5.38. The first kappa shape index (κ1) is 26.6. The molecule has 0 spiro atoms. The third-order valence-electron chi connectivity index (χ3n) is 5.33. The van der Waals surface area contributed by atoms with Gasteiger partial charge in [-0.1, -0.05) is 41.9 Å². The Kier molecular flexibility index (Phi) is 9.18. The van der Waals surface area contributed by atoms with Crippen LogP contribution in [0.3, 0.4) is 0 Å². The molecule has 0 radical (unpaired) electrons. The van der Waals surface area contributed by atoms with Crippen molar-refractivity contribution in [1.82, 2.24) is 5.32 Å². The van der Waals surface area contributed by atoms with Gasteiger partial charge in [-0.25, -0.2) is 8.42 Å². The Balaban J connectivity index is 1.64. The monoisotopic (exact) mass is 514 g/mol. The number of rotatable bonds is 11. The van der Waals surface area contributed by atoms with Crippen LogP contribution in [-0.2, 0) is 21.2 Å². The Morgan fingerprint density at radius 1 is 1.00 bits per heavy atom. The molecule has 3 rings (SSSR count). The summed E-state index contributed by atoms with van der Waals surface area (Å²) in [6.45, 7) is 5.90. The van der Waals surface area contributed by atoms with Crippen molar-refractivity contribution in [3.05, 3.63) is 88.9 Å². The molecule has 0 aliphatic heterocycles. The highest BCUT2D eigenvalue weighted by atomic mass is 35.5. The second-order valence-corrected chi connectivity index (χ2v) is 10.8. The van der Waals surface area contributed by atoms with Crippen LogP contribution in [0.15, 0.2) is 77.7 Å². The molecule has 0 heterocycles. The fourth-order valence-electron chi connectivity index (χ4n) is 3.59. The topological polar surface area (TPSA) is 75.7 Å². The molecule has 8 heteroatoms. The lowest BCUT2D eigenvalue weighted by Gasteiger charge is -2.25. The van der Waals surface area contributed by atoms with Crippen molar-refractivity contribution in [2.45, 2.75) is 44.6 Å². The first-order valence-corrected chi connectivity index (χ1v) is 13.3. The van der Waals surface area contributed by atoms with Crippen molar-refractivity contribution in [3.8, 4) is 5.75 Å². The zero-order chi connectivity index (χ0) is 25.4. The summed E-state index contributed by atoms with van der Waals surface area (Å²) in [4.78, 5) is 12.8. The van der Waals surface area contributed by atoms with Gasteiger partial charge in [0, 0.05) is 11.6 Å². The van der Waals surface area contributed by atoms with Crippen LogP contribution < -0.4 is 14.4 Å². The number of amides is 1. The quantitative estimate of drug-likeness (QED) is 0.348. The van der Waals surface area contributed by atoms with Crippen LogP contribution in [0.25, 0.3) is 0 Å². The maximum Gasteiger partial charge on any atom is 0.264 e. The Labute approximate surface area is 212 Å². The molecule has 0 aliphatic rings. The van der Waals surface area contributed by atoms with Crippen LogP contribution in [0.4, 0.5) is 5.69 Å². The largest absolute Gasteiger partial charge is 0.491 e. The minimum Gasteiger partial charge on any atom is -0.491 e. The van der Waals surface area contributed by atoms with Crippen LogP contribution in [0.2, 0.25) is 5.02 Å². The molecule has 6 nitrogen and oxygen atoms in total. The van der Waals surface area contributed by atoms with Gasteiger partial charge in [-0.15, -0.1) is 0 Å². The van der Waals surface area contributed by atoms with Gasteiger partial charge in [-0.2, -0.15) is 0 Å². The molecule has 3 aromatic carbocycles. The summed E-state index contributed by atoms with van der Waals surface area (Å²) >= 11 is 5.93. The standard InChI is InChI=1S/C27H31ClN2O4S/c1-20(2)34-24-14-10-22(11-15-24)8-6-18-29-27(31)19-30(26-9-5-4-7-21(26)3)35(32,33)25-16-12-23(28)13-17-25/h4-5,7,9-17,20H,6,8,18-19H2,1-3H3,(H,29,31). The average Bonchev–Trinajstić information content (AvgIpc) is 2.82. The third-order valence-corrected chi connectivity index (χ3v) is 7.36. The van der Waals surface area contributed by atoms with E-state index in [9.17, 15) is 13.2 Å². The summed E-state index contributed by atoms with van der Waals surface area (Å²) in [5, 5.41) is 3.29. The van der Waals surface area contributed by atoms with Gasteiger partial charge >= 0.3 is 0 Å². The van der Waals surface area contributed by atoms with E-state index in [0.29, 0.717) is 17.3 Å². The Morgan fingerprint density at radius 3 is 2.29 bits per heavy atom. The van der Waals surface area contributed by atoms with Gasteiger partial charge in [0.2, 0.25) is 5.91 Å². The molecule has 0 unspecified atom stereocenters. The van der Waals surface area contributed by atoms with Gasteiger partial charge in [0.25, 0.3) is 10.0 Å². The van der Waals surface area contributed by atoms with E-state index >= 15 is 0 Å². The highest BCUT2D eigenvalue weighted by Crippen LogP contribution is 2.27. The number of carbonyl (C=O) groups is 1. The fraction of sp³-hybridized carbons (Fsp3) is 0.296. The molecular weight excluding hydrogens is 484 g/mol. The molecule has 0 fully saturated rings. The van der Waals surface area contributed by atoms with Crippen LogP contribution >= 0.6 is 11.6 Å². The molecular formula is C27H31ClN2O4S. The number of anilines is 1. The zero-order valence-electron chi connectivity index (χ0n) is 20.2. The lowest BCUT2D eigenvalue weighted by molar-refractivity contribution is -0.119. The van der Waals surface area contributed by atoms with Gasteiger partial charge in [-0.05, 0) is 87.2 Å². The maximum absolute atomic E-state index is 13.4. The molecule has 0 bridgehead atoms. The number of halogens is 1. The summed E-state index contributed by atoms with van der Waals surface area (Å²) in [7, 11) is -3.97. The maximum atomic E-state index is 13.4. The second-order valence-electron chi connectivity index (χ2n) is 8.52. The van der Waals surface area contributed by atoms with E-state index in [2.05, 4.69) is 5.32 Å². The van der Waals surface area contributed by atoms with E-state index in [1.54, 1.807) is 12.1 Å². The molecule has 0 saturated carbocycles. The summed E-state index contributed by atoms with van der Waals surface area (Å²) in [5.41, 5.74) is 2.35. The number of benzene rings is 3. The van der Waals surface area contributed by atoms with Gasteiger partial charge in [-0.3, -0.25) is 9.10 Å². The number of nitrogens with one attached hydrogen (secondary N) is 1. The minimum atomic E-state index is -3.97. The number of para-hydroxylation sites is 1. The van der Waals surface area contributed by atoms with Crippen molar-refractivity contribution in [2.75, 3.05) is 17.4 Å². The molecule has 1 amide bonds. The average molecular weight is 515 g/mol. The van der Waals surface area contributed by atoms with E-state index in [-0.39, 0.29) is 23.5 Å². The number of aryl methyl sites for hydroxylation is 2. The molecule has 0 saturated heterocycles. The summed E-state index contributed by atoms with van der Waals surface area (Å²) in [6, 6.07) is 20.9. The second kappa shape index (κ2) is 12.1. The highest BCUT2D eigenvalue weighted by molar-refractivity contribution is 7.92. The smallest absolute Gasteiger partial charge is 0.264 e. The first-order valence-electron chi connectivity index (χ1n) is 11.5. The molecule has 0 aromatic heterocycles. The lowest BCUT2D eigenvalue weighted by Crippen LogP contribution is -2.41. The van der Waals surface area contributed by atoms with E-state index in [1.807, 2.05) is 57.2 Å². The van der Waals surface area contributed by atoms with Crippen LogP contribution in [0.5, 0.6) is 5.75 Å². The van der Waals surface area contributed by atoms with E-state index in [0.717, 1.165) is 34.0 Å². The number of nitrogens with zero attached hydrogens (tertiary/aromatic N) is 1. The van der Waals surface area contributed by atoms with Gasteiger partial charge < -0.3 is 10.1 Å². The van der Waals surface area contributed by atoms with Crippen LogP contribution in [0, 0.1) is 6.92 Å². The summed E-state index contributed by atoms with van der Waals surface area (Å²) < 4.78 is 33.7. The number of hydrogen-bond acceptors (Lipinski definition) is 4. The first-order chi connectivity index (χ1) is 16.7. The van der Waals surface area contributed by atoms with E-state index in [1.165, 1.54) is 24.3 Å². The van der Waals surface area contributed by atoms with Gasteiger partial charge in [0.1, 0.15) is 12.3 Å². The normalized spacial score (nSPS) is 11.3. The highest BCUT2D eigenvalue weighted by Gasteiger charge is 2.28. The van der Waals surface area contributed by atoms with E-state index < -0.39 is 10.0 Å². The molecule has 0 aliphatic carbocycles. The van der Waals surface area contributed by atoms with Crippen LogP contribution in [0.1, 0.15) is 31.4 Å². The van der Waals surface area contributed by atoms with Crippen LogP contribution in [-0.4, -0.2) is 33.5 Å².